The Balaban J connectivity index is 2.33. The largest absolute Gasteiger partial charge is 0.481 e. The molecule has 0 saturated heterocycles. The number of fused-ring (bicyclic) bond motifs is 1. The van der Waals surface area contributed by atoms with Crippen LogP contribution in [0.25, 0.3) is 0 Å². The van der Waals surface area contributed by atoms with Gasteiger partial charge in [0, 0.05) is 13.0 Å². The molecular weight excluding hydrogens is 192 g/mol. The Morgan fingerprint density at radius 3 is 3.08 bits per heavy atom. The molecule has 5 heteroatoms. The van der Waals surface area contributed by atoms with Crippen molar-refractivity contribution < 1.29 is 9.90 Å². The molecule has 0 atom stereocenters. The van der Waals surface area contributed by atoms with Gasteiger partial charge in [0.05, 0.1) is 12.1 Å². The molecule has 0 radical (unpaired) electrons. The maximum absolute atomic E-state index is 10.4. The van der Waals surface area contributed by atoms with Gasteiger partial charge >= 0.3 is 5.97 Å². The fourth-order valence-electron chi connectivity index (χ4n) is 1.60. The zero-order valence-electron chi connectivity index (χ0n) is 6.96. The summed E-state index contributed by atoms with van der Waals surface area (Å²) in [6.45, 7) is 0.862. The van der Waals surface area contributed by atoms with Crippen molar-refractivity contribution >= 4 is 17.6 Å². The van der Waals surface area contributed by atoms with E-state index in [0.29, 0.717) is 10.8 Å². The number of carbonyl (C=O) groups is 1. The summed E-state index contributed by atoms with van der Waals surface area (Å²) in [6, 6.07) is 0. The number of aliphatic carboxylic acids is 1. The van der Waals surface area contributed by atoms with Crippen molar-refractivity contribution in [2.75, 3.05) is 0 Å². The number of carboxylic acids is 1. The number of nitrogens with zero attached hydrogens (tertiary/aromatic N) is 2. The third-order valence-corrected chi connectivity index (χ3v) is 2.57. The fraction of sp³-hybridized carbons (Fsp3) is 0.500. The van der Waals surface area contributed by atoms with Crippen LogP contribution in [-0.2, 0) is 24.2 Å². The van der Waals surface area contributed by atoms with Crippen LogP contribution in [0, 0.1) is 0 Å². The molecule has 0 bridgehead atoms. The summed E-state index contributed by atoms with van der Waals surface area (Å²) in [5.74, 6) is 0.0277. The molecule has 0 unspecified atom stereocenters. The predicted molar refractivity (Wildman–Crippen MR) is 46.9 cm³/mol. The molecule has 0 aromatic carbocycles. The molecule has 1 aliphatic rings. The zero-order valence-corrected chi connectivity index (χ0v) is 7.71. The summed E-state index contributed by atoms with van der Waals surface area (Å²) in [5.41, 5.74) is 0.490. The lowest BCUT2D eigenvalue weighted by molar-refractivity contribution is -0.136. The van der Waals surface area contributed by atoms with Crippen LogP contribution in [0.5, 0.6) is 0 Å². The first kappa shape index (κ1) is 8.56. The number of carboxylic acid groups (broad SMARTS) is 1. The Bertz CT molecular complexity index is 359. The Morgan fingerprint density at radius 1 is 1.69 bits per heavy atom. The van der Waals surface area contributed by atoms with E-state index in [-0.39, 0.29) is 6.42 Å². The van der Waals surface area contributed by atoms with Gasteiger partial charge in [-0.2, -0.15) is 0 Å². The highest BCUT2D eigenvalue weighted by Gasteiger charge is 2.20. The second-order valence-electron chi connectivity index (χ2n) is 3.09. The Labute approximate surface area is 80.1 Å². The SMILES string of the molecule is O=C(O)Cc1nc2n(c1Cl)CCC2. The van der Waals surface area contributed by atoms with Crippen molar-refractivity contribution in [3.63, 3.8) is 0 Å². The number of hydrogen-bond acceptors (Lipinski definition) is 2. The molecule has 2 heterocycles. The quantitative estimate of drug-likeness (QED) is 0.778. The first-order chi connectivity index (χ1) is 6.18. The summed E-state index contributed by atoms with van der Waals surface area (Å²) in [5, 5.41) is 9.07. The predicted octanol–water partition coefficient (Wildman–Crippen LogP) is 1.11. The molecule has 70 valence electrons. The summed E-state index contributed by atoms with van der Waals surface area (Å²) < 4.78 is 1.89. The van der Waals surface area contributed by atoms with Crippen LogP contribution in [0.1, 0.15) is 17.9 Å². The second-order valence-corrected chi connectivity index (χ2v) is 3.45. The molecule has 13 heavy (non-hydrogen) atoms. The molecule has 0 spiro atoms. The van der Waals surface area contributed by atoms with Gasteiger partial charge in [-0.25, -0.2) is 4.98 Å². The minimum Gasteiger partial charge on any atom is -0.481 e. The molecule has 0 amide bonds. The van der Waals surface area contributed by atoms with Crippen LogP contribution in [0.15, 0.2) is 0 Å². The molecular formula is C8H9ClN2O2. The normalized spacial score (nSPS) is 14.5. The standard InChI is InChI=1S/C8H9ClN2O2/c9-8-5(4-7(12)13)10-6-2-1-3-11(6)8/h1-4H2,(H,12,13). The number of aromatic nitrogens is 2. The average Bonchev–Trinajstić information content (AvgIpc) is 2.56. The van der Waals surface area contributed by atoms with Gasteiger partial charge in [0.1, 0.15) is 11.0 Å². The second kappa shape index (κ2) is 3.03. The molecule has 1 aliphatic heterocycles. The highest BCUT2D eigenvalue weighted by atomic mass is 35.5. The summed E-state index contributed by atoms with van der Waals surface area (Å²) in [7, 11) is 0. The van der Waals surface area contributed by atoms with Gasteiger partial charge in [0.25, 0.3) is 0 Å². The van der Waals surface area contributed by atoms with Crippen molar-refractivity contribution in [2.24, 2.45) is 0 Å². The minimum absolute atomic E-state index is 0.0845. The molecule has 2 rings (SSSR count). The lowest BCUT2D eigenvalue weighted by Gasteiger charge is -1.96. The summed E-state index contributed by atoms with van der Waals surface area (Å²) in [6.07, 6.45) is 1.87. The summed E-state index contributed by atoms with van der Waals surface area (Å²) in [4.78, 5) is 14.6. The van der Waals surface area contributed by atoms with Gasteiger partial charge in [-0.15, -0.1) is 0 Å². The molecule has 0 saturated carbocycles. The lowest BCUT2D eigenvalue weighted by Crippen LogP contribution is -2.01. The smallest absolute Gasteiger partial charge is 0.309 e. The molecule has 4 nitrogen and oxygen atoms in total. The van der Waals surface area contributed by atoms with E-state index < -0.39 is 5.97 Å². The van der Waals surface area contributed by atoms with Gasteiger partial charge in [-0.3, -0.25) is 4.79 Å². The van der Waals surface area contributed by atoms with E-state index in [1.54, 1.807) is 0 Å². The van der Waals surface area contributed by atoms with Crippen LogP contribution < -0.4 is 0 Å². The molecule has 0 aliphatic carbocycles. The molecule has 0 fully saturated rings. The molecule has 1 aromatic heterocycles. The van der Waals surface area contributed by atoms with Crippen LogP contribution in [0.3, 0.4) is 0 Å². The third kappa shape index (κ3) is 1.42. The highest BCUT2D eigenvalue weighted by Crippen LogP contribution is 2.24. The Hall–Kier alpha value is -1.03. The molecule has 1 aromatic rings. The van der Waals surface area contributed by atoms with E-state index >= 15 is 0 Å². The van der Waals surface area contributed by atoms with Crippen molar-refractivity contribution in [3.05, 3.63) is 16.7 Å². The number of hydrogen-bond donors (Lipinski definition) is 1. The fourth-order valence-corrected chi connectivity index (χ4v) is 1.89. The van der Waals surface area contributed by atoms with E-state index in [9.17, 15) is 4.79 Å². The van der Waals surface area contributed by atoms with Gasteiger partial charge in [0.15, 0.2) is 0 Å². The first-order valence-electron chi connectivity index (χ1n) is 4.14. The monoisotopic (exact) mass is 200 g/mol. The topological polar surface area (TPSA) is 55.1 Å². The van der Waals surface area contributed by atoms with Crippen LogP contribution in [0.2, 0.25) is 5.15 Å². The Kier molecular flexibility index (Phi) is 2.00. The maximum atomic E-state index is 10.4. The van der Waals surface area contributed by atoms with Crippen LogP contribution in [0.4, 0.5) is 0 Å². The van der Waals surface area contributed by atoms with Crippen molar-refractivity contribution in [3.8, 4) is 0 Å². The number of imidazole rings is 1. The first-order valence-corrected chi connectivity index (χ1v) is 4.52. The average molecular weight is 201 g/mol. The maximum Gasteiger partial charge on any atom is 0.309 e. The molecule has 1 N–H and O–H groups in total. The van der Waals surface area contributed by atoms with E-state index in [4.69, 9.17) is 16.7 Å². The van der Waals surface area contributed by atoms with Crippen molar-refractivity contribution in [1.29, 1.82) is 0 Å². The number of aryl methyl sites for hydroxylation is 1. The Morgan fingerprint density at radius 2 is 2.46 bits per heavy atom. The van der Waals surface area contributed by atoms with E-state index in [1.807, 2.05) is 4.57 Å². The lowest BCUT2D eigenvalue weighted by atomic mass is 10.3. The van der Waals surface area contributed by atoms with E-state index in [1.165, 1.54) is 0 Å². The highest BCUT2D eigenvalue weighted by molar-refractivity contribution is 6.30. The van der Waals surface area contributed by atoms with Gasteiger partial charge in [-0.05, 0) is 6.42 Å². The van der Waals surface area contributed by atoms with E-state index in [2.05, 4.69) is 4.98 Å². The van der Waals surface area contributed by atoms with Gasteiger partial charge < -0.3 is 9.67 Å². The minimum atomic E-state index is -0.890. The number of rotatable bonds is 2. The van der Waals surface area contributed by atoms with Gasteiger partial charge in [-0.1, -0.05) is 11.6 Å². The zero-order chi connectivity index (χ0) is 9.42. The van der Waals surface area contributed by atoms with Crippen LogP contribution in [-0.4, -0.2) is 20.6 Å². The van der Waals surface area contributed by atoms with E-state index in [0.717, 1.165) is 25.2 Å². The van der Waals surface area contributed by atoms with Crippen LogP contribution >= 0.6 is 11.6 Å². The summed E-state index contributed by atoms with van der Waals surface area (Å²) >= 11 is 5.95. The van der Waals surface area contributed by atoms with Crippen molar-refractivity contribution in [2.45, 2.75) is 25.8 Å². The van der Waals surface area contributed by atoms with Gasteiger partial charge in [0.2, 0.25) is 0 Å². The third-order valence-electron chi connectivity index (χ3n) is 2.15. The number of halogens is 1. The van der Waals surface area contributed by atoms with Crippen molar-refractivity contribution in [1.82, 2.24) is 9.55 Å².